The number of aryl methyl sites for hydroxylation is 2. The van der Waals surface area contributed by atoms with Crippen LogP contribution in [0.25, 0.3) is 0 Å². The Morgan fingerprint density at radius 2 is 2.06 bits per heavy atom. The number of hydrogen-bond acceptors (Lipinski definition) is 3. The Balaban J connectivity index is 2.40. The summed E-state index contributed by atoms with van der Waals surface area (Å²) in [6, 6.07) is 2.24. The van der Waals surface area contributed by atoms with Gasteiger partial charge in [-0.1, -0.05) is 0 Å². The van der Waals surface area contributed by atoms with E-state index in [2.05, 4.69) is 22.5 Å². The molecule has 0 saturated carbocycles. The lowest BCUT2D eigenvalue weighted by Gasteiger charge is -2.17. The Hall–Kier alpha value is -1.55. The minimum absolute atomic E-state index is 0.0201. The van der Waals surface area contributed by atoms with Crippen molar-refractivity contribution in [3.63, 3.8) is 0 Å². The highest BCUT2D eigenvalue weighted by Crippen LogP contribution is 2.26. The van der Waals surface area contributed by atoms with Crippen molar-refractivity contribution in [1.29, 1.82) is 0 Å². The van der Waals surface area contributed by atoms with Gasteiger partial charge in [-0.15, -0.1) is 0 Å². The Morgan fingerprint density at radius 1 is 1.35 bits per heavy atom. The molecule has 0 aliphatic carbocycles. The van der Waals surface area contributed by atoms with Crippen molar-refractivity contribution >= 4 is 0 Å². The van der Waals surface area contributed by atoms with Crippen LogP contribution < -0.4 is 5.73 Å². The van der Waals surface area contributed by atoms with Crippen LogP contribution in [0.5, 0.6) is 0 Å². The molecule has 2 heterocycles. The van der Waals surface area contributed by atoms with Crippen molar-refractivity contribution in [2.24, 2.45) is 5.73 Å². The van der Waals surface area contributed by atoms with Crippen LogP contribution in [-0.4, -0.2) is 9.55 Å². The molecule has 0 radical (unpaired) electrons. The number of aromatic nitrogens is 2. The first-order valence-corrected chi connectivity index (χ1v) is 5.85. The molecule has 0 fully saturated rings. The second-order valence-electron chi connectivity index (χ2n) is 4.56. The van der Waals surface area contributed by atoms with Gasteiger partial charge < -0.3 is 14.7 Å². The van der Waals surface area contributed by atoms with Crippen molar-refractivity contribution in [2.45, 2.75) is 39.8 Å². The molecule has 0 saturated heterocycles. The van der Waals surface area contributed by atoms with Crippen molar-refractivity contribution in [1.82, 2.24) is 9.55 Å². The summed E-state index contributed by atoms with van der Waals surface area (Å²) >= 11 is 0. The highest BCUT2D eigenvalue weighted by molar-refractivity contribution is 5.25. The normalized spacial score (nSPS) is 14.9. The monoisotopic (exact) mass is 233 g/mol. The van der Waals surface area contributed by atoms with Gasteiger partial charge in [0, 0.05) is 17.8 Å². The van der Waals surface area contributed by atoms with Gasteiger partial charge >= 0.3 is 0 Å². The van der Waals surface area contributed by atoms with E-state index in [1.54, 1.807) is 0 Å². The minimum atomic E-state index is -0.0201. The maximum Gasteiger partial charge on any atom is 0.106 e. The summed E-state index contributed by atoms with van der Waals surface area (Å²) < 4.78 is 7.67. The standard InChI is InChI=1S/C13H19N3O/c1-8-5-12(11(4)17-8)10(3)16-7-15-6-13(16)9(2)14/h5-7,9-10H,14H2,1-4H3/t9-,10?/m1/s1. The van der Waals surface area contributed by atoms with E-state index in [1.165, 1.54) is 5.56 Å². The Bertz CT molecular complexity index is 510. The fraction of sp³-hybridized carbons (Fsp3) is 0.462. The third-order valence-corrected chi connectivity index (χ3v) is 3.11. The number of furan rings is 1. The topological polar surface area (TPSA) is 57.0 Å². The first-order chi connectivity index (χ1) is 8.00. The van der Waals surface area contributed by atoms with Gasteiger partial charge in [0.25, 0.3) is 0 Å². The molecule has 2 atom stereocenters. The highest BCUT2D eigenvalue weighted by atomic mass is 16.3. The van der Waals surface area contributed by atoms with E-state index in [0.29, 0.717) is 0 Å². The van der Waals surface area contributed by atoms with Crippen molar-refractivity contribution in [3.8, 4) is 0 Å². The molecule has 0 spiro atoms. The fourth-order valence-corrected chi connectivity index (χ4v) is 2.21. The van der Waals surface area contributed by atoms with E-state index in [-0.39, 0.29) is 12.1 Å². The molecule has 2 aromatic rings. The van der Waals surface area contributed by atoms with E-state index in [9.17, 15) is 0 Å². The number of hydrogen-bond donors (Lipinski definition) is 1. The summed E-state index contributed by atoms with van der Waals surface area (Å²) in [4.78, 5) is 4.18. The van der Waals surface area contributed by atoms with E-state index in [1.807, 2.05) is 33.3 Å². The van der Waals surface area contributed by atoms with Gasteiger partial charge in [-0.05, 0) is 33.8 Å². The van der Waals surface area contributed by atoms with Crippen molar-refractivity contribution in [2.75, 3.05) is 0 Å². The van der Waals surface area contributed by atoms with Gasteiger partial charge in [-0.25, -0.2) is 4.98 Å². The SMILES string of the molecule is Cc1cc(C(C)n2cncc2[C@@H](C)N)c(C)o1. The molecule has 0 amide bonds. The van der Waals surface area contributed by atoms with Gasteiger partial charge in [-0.2, -0.15) is 0 Å². The van der Waals surface area contributed by atoms with Crippen LogP contribution in [-0.2, 0) is 0 Å². The molecule has 1 unspecified atom stereocenters. The second kappa shape index (κ2) is 4.37. The largest absolute Gasteiger partial charge is 0.466 e. The Kier molecular flexibility index (Phi) is 3.07. The minimum Gasteiger partial charge on any atom is -0.466 e. The highest BCUT2D eigenvalue weighted by Gasteiger charge is 2.17. The molecular weight excluding hydrogens is 214 g/mol. The molecule has 0 aliphatic rings. The lowest BCUT2D eigenvalue weighted by molar-refractivity contribution is 0.491. The molecular formula is C13H19N3O. The van der Waals surface area contributed by atoms with Crippen LogP contribution >= 0.6 is 0 Å². The first kappa shape index (κ1) is 11.9. The van der Waals surface area contributed by atoms with Crippen LogP contribution in [0.15, 0.2) is 23.0 Å². The van der Waals surface area contributed by atoms with Crippen LogP contribution in [0, 0.1) is 13.8 Å². The molecule has 17 heavy (non-hydrogen) atoms. The molecule has 4 heteroatoms. The molecule has 0 bridgehead atoms. The molecule has 2 rings (SSSR count). The predicted octanol–water partition coefficient (Wildman–Crippen LogP) is 2.72. The number of nitrogens with zero attached hydrogens (tertiary/aromatic N) is 2. The zero-order valence-electron chi connectivity index (χ0n) is 10.8. The average molecular weight is 233 g/mol. The lowest BCUT2D eigenvalue weighted by atomic mass is 10.1. The van der Waals surface area contributed by atoms with Crippen LogP contribution in [0.2, 0.25) is 0 Å². The van der Waals surface area contributed by atoms with E-state index in [4.69, 9.17) is 10.2 Å². The molecule has 92 valence electrons. The van der Waals surface area contributed by atoms with Gasteiger partial charge in [0.05, 0.1) is 18.1 Å². The van der Waals surface area contributed by atoms with E-state index in [0.717, 1.165) is 17.2 Å². The summed E-state index contributed by atoms with van der Waals surface area (Å²) in [6.45, 7) is 8.05. The second-order valence-corrected chi connectivity index (χ2v) is 4.56. The summed E-state index contributed by atoms with van der Waals surface area (Å²) in [5.41, 5.74) is 8.15. The molecule has 0 aromatic carbocycles. The van der Waals surface area contributed by atoms with Gasteiger partial charge in [-0.3, -0.25) is 0 Å². The van der Waals surface area contributed by atoms with Crippen LogP contribution in [0.3, 0.4) is 0 Å². The van der Waals surface area contributed by atoms with Crippen LogP contribution in [0.4, 0.5) is 0 Å². The maximum atomic E-state index is 5.93. The van der Waals surface area contributed by atoms with E-state index < -0.39 is 0 Å². The number of nitrogens with two attached hydrogens (primary N) is 1. The zero-order valence-corrected chi connectivity index (χ0v) is 10.8. The van der Waals surface area contributed by atoms with Crippen molar-refractivity contribution < 1.29 is 4.42 Å². The first-order valence-electron chi connectivity index (χ1n) is 5.85. The molecule has 0 aliphatic heterocycles. The third kappa shape index (κ3) is 2.13. The summed E-state index contributed by atoms with van der Waals surface area (Å²) in [7, 11) is 0. The van der Waals surface area contributed by atoms with Gasteiger partial charge in [0.15, 0.2) is 0 Å². The molecule has 4 nitrogen and oxygen atoms in total. The summed E-state index contributed by atoms with van der Waals surface area (Å²) in [5, 5.41) is 0. The maximum absolute atomic E-state index is 5.93. The third-order valence-electron chi connectivity index (χ3n) is 3.11. The fourth-order valence-electron chi connectivity index (χ4n) is 2.21. The zero-order chi connectivity index (χ0) is 12.6. The van der Waals surface area contributed by atoms with Crippen molar-refractivity contribution in [3.05, 3.63) is 41.4 Å². The summed E-state index contributed by atoms with van der Waals surface area (Å²) in [5.74, 6) is 1.89. The van der Waals surface area contributed by atoms with E-state index >= 15 is 0 Å². The molecule has 2 aromatic heterocycles. The van der Waals surface area contributed by atoms with Gasteiger partial charge in [0.1, 0.15) is 11.5 Å². The average Bonchev–Trinajstić information content (AvgIpc) is 2.83. The van der Waals surface area contributed by atoms with Crippen LogP contribution in [0.1, 0.15) is 48.7 Å². The summed E-state index contributed by atoms with van der Waals surface area (Å²) in [6.07, 6.45) is 3.65. The Morgan fingerprint density at radius 3 is 2.59 bits per heavy atom. The lowest BCUT2D eigenvalue weighted by Crippen LogP contribution is -2.15. The van der Waals surface area contributed by atoms with Gasteiger partial charge in [0.2, 0.25) is 0 Å². The molecule has 2 N–H and O–H groups in total. The predicted molar refractivity (Wildman–Crippen MR) is 66.8 cm³/mol. The number of imidazole rings is 1. The smallest absolute Gasteiger partial charge is 0.106 e. The quantitative estimate of drug-likeness (QED) is 0.886. The number of rotatable bonds is 3. The Labute approximate surface area is 101 Å².